The van der Waals surface area contributed by atoms with Crippen LogP contribution in [0, 0.1) is 0 Å². The van der Waals surface area contributed by atoms with E-state index in [0.717, 1.165) is 4.47 Å². The molecule has 74 valence electrons. The molecule has 0 aromatic carbocycles. The highest BCUT2D eigenvalue weighted by molar-refractivity contribution is 9.10. The SMILES string of the molecule is C[C@H]1Oc2ncc(Br)cc2N(C)C1=O. The van der Waals surface area contributed by atoms with Gasteiger partial charge in [-0.05, 0) is 28.9 Å². The van der Waals surface area contributed by atoms with E-state index in [4.69, 9.17) is 4.74 Å². The molecule has 0 saturated heterocycles. The quantitative estimate of drug-likeness (QED) is 0.708. The molecular weight excluding hydrogens is 248 g/mol. The van der Waals surface area contributed by atoms with Crippen LogP contribution in [0.4, 0.5) is 5.69 Å². The average Bonchev–Trinajstić information content (AvgIpc) is 2.16. The summed E-state index contributed by atoms with van der Waals surface area (Å²) in [6.07, 6.45) is 1.19. The Bertz CT molecular complexity index is 394. The Morgan fingerprint density at radius 1 is 1.64 bits per heavy atom. The first-order valence-electron chi connectivity index (χ1n) is 4.19. The fourth-order valence-electron chi connectivity index (χ4n) is 1.36. The molecular formula is C9H9BrN2O2. The molecule has 1 atom stereocenters. The number of rotatable bonds is 0. The third-order valence-electron chi connectivity index (χ3n) is 2.13. The van der Waals surface area contributed by atoms with Gasteiger partial charge in [0.25, 0.3) is 5.91 Å². The fraction of sp³-hybridized carbons (Fsp3) is 0.333. The van der Waals surface area contributed by atoms with Gasteiger partial charge in [-0.2, -0.15) is 0 Å². The van der Waals surface area contributed by atoms with Crippen molar-refractivity contribution in [2.45, 2.75) is 13.0 Å². The summed E-state index contributed by atoms with van der Waals surface area (Å²) in [6.45, 7) is 1.71. The van der Waals surface area contributed by atoms with E-state index in [-0.39, 0.29) is 5.91 Å². The second-order valence-electron chi connectivity index (χ2n) is 3.14. The number of carbonyl (C=O) groups is 1. The van der Waals surface area contributed by atoms with Crippen molar-refractivity contribution in [3.8, 4) is 5.88 Å². The molecule has 0 bridgehead atoms. The molecule has 0 radical (unpaired) electrons. The number of ether oxygens (including phenoxy) is 1. The highest BCUT2D eigenvalue weighted by atomic mass is 79.9. The Labute approximate surface area is 90.0 Å². The van der Waals surface area contributed by atoms with E-state index in [1.807, 2.05) is 6.07 Å². The Balaban J connectivity index is 2.51. The monoisotopic (exact) mass is 256 g/mol. The van der Waals surface area contributed by atoms with E-state index in [1.54, 1.807) is 25.1 Å². The summed E-state index contributed by atoms with van der Waals surface area (Å²) in [5.41, 5.74) is 0.697. The number of nitrogens with zero attached hydrogens (tertiary/aromatic N) is 2. The number of hydrogen-bond donors (Lipinski definition) is 0. The van der Waals surface area contributed by atoms with Gasteiger partial charge in [0.1, 0.15) is 5.69 Å². The van der Waals surface area contributed by atoms with Crippen molar-refractivity contribution in [2.24, 2.45) is 0 Å². The van der Waals surface area contributed by atoms with Gasteiger partial charge in [-0.25, -0.2) is 4.98 Å². The van der Waals surface area contributed by atoms with Gasteiger partial charge in [-0.1, -0.05) is 0 Å². The van der Waals surface area contributed by atoms with Crippen LogP contribution in [0.25, 0.3) is 0 Å². The van der Waals surface area contributed by atoms with Crippen molar-refractivity contribution in [2.75, 3.05) is 11.9 Å². The number of halogens is 1. The molecule has 14 heavy (non-hydrogen) atoms. The molecule has 0 saturated carbocycles. The predicted octanol–water partition coefficient (Wildman–Crippen LogP) is 1.59. The standard InChI is InChI=1S/C9H9BrN2O2/c1-5-9(13)12(2)7-3-6(10)4-11-8(7)14-5/h3-5H,1-2H3/t5-/m1/s1. The van der Waals surface area contributed by atoms with Gasteiger partial charge in [0, 0.05) is 17.7 Å². The molecule has 1 amide bonds. The van der Waals surface area contributed by atoms with Crippen molar-refractivity contribution in [1.82, 2.24) is 4.98 Å². The maximum absolute atomic E-state index is 11.6. The van der Waals surface area contributed by atoms with Crippen LogP contribution < -0.4 is 9.64 Å². The molecule has 1 aliphatic heterocycles. The zero-order chi connectivity index (χ0) is 10.3. The molecule has 2 heterocycles. The average molecular weight is 257 g/mol. The van der Waals surface area contributed by atoms with Crippen LogP contribution >= 0.6 is 15.9 Å². The number of aromatic nitrogens is 1. The van der Waals surface area contributed by atoms with Crippen LogP contribution in [-0.2, 0) is 4.79 Å². The Kier molecular flexibility index (Phi) is 2.19. The summed E-state index contributed by atoms with van der Waals surface area (Å²) < 4.78 is 6.17. The number of hydrogen-bond acceptors (Lipinski definition) is 3. The van der Waals surface area contributed by atoms with E-state index in [9.17, 15) is 4.79 Å². The van der Waals surface area contributed by atoms with Gasteiger partial charge in [-0.15, -0.1) is 0 Å². The van der Waals surface area contributed by atoms with Crippen molar-refractivity contribution in [3.05, 3.63) is 16.7 Å². The lowest BCUT2D eigenvalue weighted by atomic mass is 10.2. The molecule has 0 spiro atoms. The fourth-order valence-corrected chi connectivity index (χ4v) is 1.68. The summed E-state index contributed by atoms with van der Waals surface area (Å²) in [5, 5.41) is 0. The van der Waals surface area contributed by atoms with E-state index in [1.165, 1.54) is 0 Å². The molecule has 4 nitrogen and oxygen atoms in total. The van der Waals surface area contributed by atoms with E-state index in [0.29, 0.717) is 11.6 Å². The molecule has 0 fully saturated rings. The largest absolute Gasteiger partial charge is 0.463 e. The molecule has 2 rings (SSSR count). The second-order valence-corrected chi connectivity index (χ2v) is 4.05. The predicted molar refractivity (Wildman–Crippen MR) is 55.4 cm³/mol. The van der Waals surface area contributed by atoms with Crippen LogP contribution in [0.2, 0.25) is 0 Å². The first kappa shape index (κ1) is 9.45. The smallest absolute Gasteiger partial charge is 0.267 e. The number of likely N-dealkylation sites (N-methyl/N-ethyl adjacent to an activating group) is 1. The summed E-state index contributed by atoms with van der Waals surface area (Å²) >= 11 is 3.30. The van der Waals surface area contributed by atoms with Gasteiger partial charge >= 0.3 is 0 Å². The van der Waals surface area contributed by atoms with E-state index in [2.05, 4.69) is 20.9 Å². The van der Waals surface area contributed by atoms with Crippen LogP contribution in [-0.4, -0.2) is 24.0 Å². The minimum Gasteiger partial charge on any atom is -0.463 e. The van der Waals surface area contributed by atoms with Gasteiger partial charge in [-0.3, -0.25) is 4.79 Å². The number of fused-ring (bicyclic) bond motifs is 1. The first-order valence-corrected chi connectivity index (χ1v) is 4.98. The summed E-state index contributed by atoms with van der Waals surface area (Å²) in [6, 6.07) is 1.81. The van der Waals surface area contributed by atoms with Crippen LogP contribution in [0.15, 0.2) is 16.7 Å². The van der Waals surface area contributed by atoms with Crippen molar-refractivity contribution in [3.63, 3.8) is 0 Å². The number of pyridine rings is 1. The van der Waals surface area contributed by atoms with E-state index < -0.39 is 6.10 Å². The van der Waals surface area contributed by atoms with Gasteiger partial charge in [0.2, 0.25) is 5.88 Å². The molecule has 0 unspecified atom stereocenters. The molecule has 0 aliphatic carbocycles. The molecule has 1 aliphatic rings. The molecule has 1 aromatic rings. The topological polar surface area (TPSA) is 42.4 Å². The summed E-state index contributed by atoms with van der Waals surface area (Å²) in [7, 11) is 1.72. The highest BCUT2D eigenvalue weighted by Gasteiger charge is 2.29. The normalized spacial score (nSPS) is 20.4. The van der Waals surface area contributed by atoms with Crippen molar-refractivity contribution in [1.29, 1.82) is 0 Å². The first-order chi connectivity index (χ1) is 6.59. The number of carbonyl (C=O) groups excluding carboxylic acids is 1. The lowest BCUT2D eigenvalue weighted by molar-refractivity contribution is -0.125. The lowest BCUT2D eigenvalue weighted by Gasteiger charge is -2.29. The molecule has 1 aromatic heterocycles. The molecule has 5 heteroatoms. The maximum atomic E-state index is 11.6. The number of anilines is 1. The Hall–Kier alpha value is -1.10. The highest BCUT2D eigenvalue weighted by Crippen LogP contribution is 2.32. The van der Waals surface area contributed by atoms with Gasteiger partial charge in [0.05, 0.1) is 0 Å². The van der Waals surface area contributed by atoms with Crippen LogP contribution in [0.1, 0.15) is 6.92 Å². The van der Waals surface area contributed by atoms with Crippen molar-refractivity contribution < 1.29 is 9.53 Å². The van der Waals surface area contributed by atoms with E-state index >= 15 is 0 Å². The van der Waals surface area contributed by atoms with Gasteiger partial charge in [0.15, 0.2) is 6.10 Å². The third-order valence-corrected chi connectivity index (χ3v) is 2.56. The van der Waals surface area contributed by atoms with Crippen LogP contribution in [0.3, 0.4) is 0 Å². The lowest BCUT2D eigenvalue weighted by Crippen LogP contribution is -2.42. The minimum atomic E-state index is -0.457. The molecule has 0 N–H and O–H groups in total. The van der Waals surface area contributed by atoms with Crippen LogP contribution in [0.5, 0.6) is 5.88 Å². The zero-order valence-corrected chi connectivity index (χ0v) is 9.41. The number of amides is 1. The van der Waals surface area contributed by atoms with Crippen molar-refractivity contribution >= 4 is 27.5 Å². The Morgan fingerprint density at radius 3 is 3.07 bits per heavy atom. The second kappa shape index (κ2) is 3.24. The summed E-state index contributed by atoms with van der Waals surface area (Å²) in [5.74, 6) is 0.445. The van der Waals surface area contributed by atoms with Gasteiger partial charge < -0.3 is 9.64 Å². The minimum absolute atomic E-state index is 0.0580. The Morgan fingerprint density at radius 2 is 2.36 bits per heavy atom. The maximum Gasteiger partial charge on any atom is 0.267 e. The summed E-state index contributed by atoms with van der Waals surface area (Å²) in [4.78, 5) is 17.2. The third kappa shape index (κ3) is 1.37. The zero-order valence-electron chi connectivity index (χ0n) is 7.82.